The van der Waals surface area contributed by atoms with Gasteiger partial charge < -0.3 is 14.5 Å². The number of hydrogen-bond acceptors (Lipinski definition) is 5. The van der Waals surface area contributed by atoms with Gasteiger partial charge in [0.25, 0.3) is 0 Å². The minimum absolute atomic E-state index is 0.0250. The van der Waals surface area contributed by atoms with E-state index in [0.717, 1.165) is 16.7 Å². The third-order valence-electron chi connectivity index (χ3n) is 5.29. The molecule has 31 heavy (non-hydrogen) atoms. The van der Waals surface area contributed by atoms with E-state index in [2.05, 4.69) is 10.3 Å². The summed E-state index contributed by atoms with van der Waals surface area (Å²) in [6.07, 6.45) is 0. The van der Waals surface area contributed by atoms with E-state index >= 15 is 0 Å². The number of anilines is 1. The van der Waals surface area contributed by atoms with Crippen LogP contribution in [0.5, 0.6) is 5.88 Å². The number of hydrogen-bond donors (Lipinski definition) is 1. The molecular formula is C25H23ClN2O3. The number of fused-ring (bicyclic) bond motifs is 1. The van der Waals surface area contributed by atoms with Gasteiger partial charge in [-0.25, -0.2) is 0 Å². The normalized spacial score (nSPS) is 12.0. The molecule has 6 heteroatoms. The summed E-state index contributed by atoms with van der Waals surface area (Å²) in [5, 5.41) is 4.33. The molecular weight excluding hydrogens is 412 g/mol. The van der Waals surface area contributed by atoms with Crippen molar-refractivity contribution in [2.45, 2.75) is 26.8 Å². The van der Waals surface area contributed by atoms with E-state index in [-0.39, 0.29) is 11.5 Å². The van der Waals surface area contributed by atoms with E-state index in [4.69, 9.17) is 20.8 Å². The van der Waals surface area contributed by atoms with E-state index in [9.17, 15) is 4.79 Å². The Hall–Kier alpha value is -3.31. The summed E-state index contributed by atoms with van der Waals surface area (Å²) in [7, 11) is 1.55. The average molecular weight is 435 g/mol. The number of methoxy groups -OCH3 is 1. The van der Waals surface area contributed by atoms with E-state index in [1.165, 1.54) is 0 Å². The van der Waals surface area contributed by atoms with Gasteiger partial charge in [-0.05, 0) is 44.5 Å². The molecule has 0 spiro atoms. The Morgan fingerprint density at radius 1 is 1.10 bits per heavy atom. The van der Waals surface area contributed by atoms with E-state index < -0.39 is 0 Å². The number of nitrogens with one attached hydrogen (secondary N) is 1. The zero-order valence-corrected chi connectivity index (χ0v) is 18.6. The fraction of sp³-hybridized carbons (Fsp3) is 0.200. The van der Waals surface area contributed by atoms with Crippen LogP contribution in [0.15, 0.2) is 63.8 Å². The molecule has 158 valence electrons. The van der Waals surface area contributed by atoms with Gasteiger partial charge in [0.2, 0.25) is 5.88 Å². The zero-order chi connectivity index (χ0) is 22.1. The van der Waals surface area contributed by atoms with Gasteiger partial charge in [-0.2, -0.15) is 4.98 Å². The second-order valence-corrected chi connectivity index (χ2v) is 7.93. The first-order valence-electron chi connectivity index (χ1n) is 9.99. The Balaban J connectivity index is 1.88. The molecule has 2 aromatic heterocycles. The standard InChI is InChI=1S/C25H23ClN2O3/c1-14-12-18(16(3)27-20-10-11-21(26)28-25(20)30-4)24-19(13-14)22(29)15(2)23(31-24)17-8-6-5-7-9-17/h5-13,16,27H,1-4H3. The first-order valence-corrected chi connectivity index (χ1v) is 10.4. The molecule has 0 saturated heterocycles. The number of ether oxygens (including phenoxy) is 1. The van der Waals surface area contributed by atoms with Crippen LogP contribution in [0, 0.1) is 13.8 Å². The van der Waals surface area contributed by atoms with Crippen LogP contribution in [0.4, 0.5) is 5.69 Å². The highest BCUT2D eigenvalue weighted by Gasteiger charge is 2.20. The molecule has 0 bridgehead atoms. The van der Waals surface area contributed by atoms with Gasteiger partial charge in [0, 0.05) is 16.7 Å². The molecule has 4 aromatic rings. The van der Waals surface area contributed by atoms with Crippen molar-refractivity contribution in [3.8, 4) is 17.2 Å². The Morgan fingerprint density at radius 2 is 1.84 bits per heavy atom. The smallest absolute Gasteiger partial charge is 0.238 e. The van der Waals surface area contributed by atoms with Gasteiger partial charge in [0.05, 0.1) is 24.2 Å². The molecule has 0 fully saturated rings. The van der Waals surface area contributed by atoms with E-state index in [1.807, 2.05) is 69.3 Å². The average Bonchev–Trinajstić information content (AvgIpc) is 2.77. The summed E-state index contributed by atoms with van der Waals surface area (Å²) >= 11 is 5.99. The van der Waals surface area contributed by atoms with Gasteiger partial charge in [-0.3, -0.25) is 4.79 Å². The lowest BCUT2D eigenvalue weighted by atomic mass is 9.99. The minimum atomic E-state index is -0.186. The Morgan fingerprint density at radius 3 is 2.55 bits per heavy atom. The van der Waals surface area contributed by atoms with Crippen molar-refractivity contribution in [1.82, 2.24) is 4.98 Å². The molecule has 2 aromatic carbocycles. The molecule has 1 unspecified atom stereocenters. The third kappa shape index (κ3) is 4.01. The van der Waals surface area contributed by atoms with Crippen molar-refractivity contribution < 1.29 is 9.15 Å². The highest BCUT2D eigenvalue weighted by molar-refractivity contribution is 6.29. The number of aryl methyl sites for hydroxylation is 1. The molecule has 0 saturated carbocycles. The van der Waals surface area contributed by atoms with Crippen molar-refractivity contribution in [2.75, 3.05) is 12.4 Å². The molecule has 0 radical (unpaired) electrons. The van der Waals surface area contributed by atoms with Crippen molar-refractivity contribution in [1.29, 1.82) is 0 Å². The van der Waals surface area contributed by atoms with Crippen molar-refractivity contribution in [2.24, 2.45) is 0 Å². The maximum absolute atomic E-state index is 13.2. The fourth-order valence-corrected chi connectivity index (χ4v) is 3.89. The fourth-order valence-electron chi connectivity index (χ4n) is 3.75. The predicted octanol–water partition coefficient (Wildman–Crippen LogP) is 6.31. The van der Waals surface area contributed by atoms with Crippen LogP contribution in [0.1, 0.15) is 29.7 Å². The number of halogens is 1. The Labute approximate surface area is 185 Å². The highest BCUT2D eigenvalue weighted by Crippen LogP contribution is 2.33. The van der Waals surface area contributed by atoms with Crippen LogP contribution >= 0.6 is 11.6 Å². The molecule has 0 aliphatic rings. The second-order valence-electron chi connectivity index (χ2n) is 7.54. The van der Waals surface area contributed by atoms with E-state index in [1.54, 1.807) is 13.2 Å². The topological polar surface area (TPSA) is 64.4 Å². The van der Waals surface area contributed by atoms with Crippen LogP contribution in [-0.2, 0) is 0 Å². The summed E-state index contributed by atoms with van der Waals surface area (Å²) in [5.74, 6) is 0.986. The molecule has 1 N–H and O–H groups in total. The number of rotatable bonds is 5. The lowest BCUT2D eigenvalue weighted by molar-refractivity contribution is 0.399. The maximum atomic E-state index is 13.2. The molecule has 0 aliphatic heterocycles. The molecule has 2 heterocycles. The molecule has 0 aliphatic carbocycles. The predicted molar refractivity (Wildman–Crippen MR) is 125 cm³/mol. The van der Waals surface area contributed by atoms with Crippen LogP contribution < -0.4 is 15.5 Å². The minimum Gasteiger partial charge on any atom is -0.479 e. The largest absolute Gasteiger partial charge is 0.479 e. The first kappa shape index (κ1) is 20.9. The maximum Gasteiger partial charge on any atom is 0.238 e. The lowest BCUT2D eigenvalue weighted by Gasteiger charge is -2.20. The van der Waals surface area contributed by atoms with Crippen LogP contribution in [0.3, 0.4) is 0 Å². The van der Waals surface area contributed by atoms with Crippen molar-refractivity contribution in [3.63, 3.8) is 0 Å². The van der Waals surface area contributed by atoms with E-state index in [0.29, 0.717) is 39.0 Å². The van der Waals surface area contributed by atoms with Gasteiger partial charge >= 0.3 is 0 Å². The Kier molecular flexibility index (Phi) is 5.70. The number of aromatic nitrogens is 1. The van der Waals surface area contributed by atoms with Crippen LogP contribution in [-0.4, -0.2) is 12.1 Å². The van der Waals surface area contributed by atoms with Gasteiger partial charge in [0.15, 0.2) is 5.43 Å². The van der Waals surface area contributed by atoms with Gasteiger partial charge in [0.1, 0.15) is 16.5 Å². The first-order chi connectivity index (χ1) is 14.9. The SMILES string of the molecule is COc1nc(Cl)ccc1NC(C)c1cc(C)cc2c(=O)c(C)c(-c3ccccc3)oc12. The summed E-state index contributed by atoms with van der Waals surface area (Å²) in [6, 6.07) is 16.9. The highest BCUT2D eigenvalue weighted by atomic mass is 35.5. The number of pyridine rings is 1. The summed E-state index contributed by atoms with van der Waals surface area (Å²) in [4.78, 5) is 17.4. The van der Waals surface area contributed by atoms with Crippen molar-refractivity contribution >= 4 is 28.3 Å². The number of benzene rings is 2. The third-order valence-corrected chi connectivity index (χ3v) is 5.50. The monoisotopic (exact) mass is 434 g/mol. The zero-order valence-electron chi connectivity index (χ0n) is 17.8. The van der Waals surface area contributed by atoms with Crippen LogP contribution in [0.2, 0.25) is 5.15 Å². The van der Waals surface area contributed by atoms with Gasteiger partial charge in [-0.15, -0.1) is 0 Å². The summed E-state index contributed by atoms with van der Waals surface area (Å²) < 4.78 is 11.7. The molecule has 4 rings (SSSR count). The lowest BCUT2D eigenvalue weighted by Crippen LogP contribution is -2.13. The van der Waals surface area contributed by atoms with Gasteiger partial charge in [-0.1, -0.05) is 48.0 Å². The summed E-state index contributed by atoms with van der Waals surface area (Å²) in [5.41, 5.74) is 4.57. The Bertz CT molecular complexity index is 1320. The summed E-state index contributed by atoms with van der Waals surface area (Å²) in [6.45, 7) is 5.78. The van der Waals surface area contributed by atoms with Crippen molar-refractivity contribution in [3.05, 3.63) is 86.7 Å². The second kappa shape index (κ2) is 8.44. The quantitative estimate of drug-likeness (QED) is 0.373. The molecule has 5 nitrogen and oxygen atoms in total. The molecule has 1 atom stereocenters. The van der Waals surface area contributed by atoms with Crippen LogP contribution in [0.25, 0.3) is 22.3 Å². The number of nitrogens with zero attached hydrogens (tertiary/aromatic N) is 1. The molecule has 0 amide bonds.